The topological polar surface area (TPSA) is 78.9 Å². The molecule has 0 aliphatic rings. The van der Waals surface area contributed by atoms with Crippen LogP contribution in [0.25, 0.3) is 0 Å². The molecule has 0 aromatic heterocycles. The van der Waals surface area contributed by atoms with Gasteiger partial charge in [-0.1, -0.05) is 200 Å². The molecule has 0 spiro atoms. The minimum absolute atomic E-state index is 0.0676. The average molecular weight is 749 g/mol. The highest BCUT2D eigenvalue weighted by Gasteiger charge is 2.19. The van der Waals surface area contributed by atoms with Gasteiger partial charge in [-0.15, -0.1) is 0 Å². The molecule has 0 saturated carbocycles. The van der Waals surface area contributed by atoms with E-state index in [9.17, 15) is 14.4 Å². The normalized spacial score (nSPS) is 12.0. The summed E-state index contributed by atoms with van der Waals surface area (Å²) in [6.07, 6.45) is 44.8. The molecule has 0 N–H and O–H groups in total. The van der Waals surface area contributed by atoms with Crippen LogP contribution in [0.15, 0.2) is 12.2 Å². The van der Waals surface area contributed by atoms with Crippen molar-refractivity contribution in [2.45, 2.75) is 258 Å². The van der Waals surface area contributed by atoms with Crippen molar-refractivity contribution in [3.05, 3.63) is 12.2 Å². The highest BCUT2D eigenvalue weighted by atomic mass is 16.6. The number of carbonyl (C=O) groups excluding carboxylic acids is 3. The molecular formula is C47H88O6. The molecule has 0 radical (unpaired) electrons. The van der Waals surface area contributed by atoms with E-state index in [2.05, 4.69) is 32.9 Å². The molecule has 0 saturated heterocycles. The summed E-state index contributed by atoms with van der Waals surface area (Å²) in [5.74, 6) is -0.870. The van der Waals surface area contributed by atoms with Crippen LogP contribution in [0.5, 0.6) is 0 Å². The van der Waals surface area contributed by atoms with Gasteiger partial charge in [0.15, 0.2) is 6.10 Å². The van der Waals surface area contributed by atoms with E-state index in [1.54, 1.807) is 0 Å². The maximum Gasteiger partial charge on any atom is 0.306 e. The Morgan fingerprint density at radius 1 is 0.358 bits per heavy atom. The standard InChI is InChI=1S/C47H88O6/c1-4-7-10-13-16-19-21-22-23-24-25-26-27-29-31-34-37-40-46(49)52-43-44(42-51-45(48)39-36-33-30-18-15-12-9-6-3)53-47(50)41-38-35-32-28-20-17-14-11-8-5-2/h22-23,44H,4-21,24-43H2,1-3H3/b23-22-. The summed E-state index contributed by atoms with van der Waals surface area (Å²) in [5.41, 5.74) is 0. The Labute approximate surface area is 329 Å². The number of esters is 3. The predicted octanol–water partition coefficient (Wildman–Crippen LogP) is 14.6. The zero-order chi connectivity index (χ0) is 38.7. The van der Waals surface area contributed by atoms with Crippen molar-refractivity contribution in [1.82, 2.24) is 0 Å². The van der Waals surface area contributed by atoms with Gasteiger partial charge in [-0.3, -0.25) is 14.4 Å². The Hall–Kier alpha value is -1.85. The van der Waals surface area contributed by atoms with Crippen molar-refractivity contribution in [2.75, 3.05) is 13.2 Å². The minimum Gasteiger partial charge on any atom is -0.462 e. The van der Waals surface area contributed by atoms with E-state index in [4.69, 9.17) is 14.2 Å². The lowest BCUT2D eigenvalue weighted by atomic mass is 10.1. The van der Waals surface area contributed by atoms with Crippen LogP contribution in [-0.4, -0.2) is 37.2 Å². The maximum absolute atomic E-state index is 12.7. The molecule has 53 heavy (non-hydrogen) atoms. The quantitative estimate of drug-likeness (QED) is 0.0268. The zero-order valence-corrected chi connectivity index (χ0v) is 35.6. The summed E-state index contributed by atoms with van der Waals surface area (Å²) >= 11 is 0. The van der Waals surface area contributed by atoms with Gasteiger partial charge >= 0.3 is 17.9 Å². The highest BCUT2D eigenvalue weighted by molar-refractivity contribution is 5.71. The van der Waals surface area contributed by atoms with Gasteiger partial charge in [-0.05, 0) is 44.9 Å². The van der Waals surface area contributed by atoms with Crippen LogP contribution >= 0.6 is 0 Å². The van der Waals surface area contributed by atoms with Crippen LogP contribution in [0.4, 0.5) is 0 Å². The van der Waals surface area contributed by atoms with E-state index in [1.165, 1.54) is 154 Å². The Kier molecular flexibility index (Phi) is 41.4. The van der Waals surface area contributed by atoms with Crippen molar-refractivity contribution in [3.8, 4) is 0 Å². The Balaban J connectivity index is 4.25. The molecule has 0 aliphatic carbocycles. The molecule has 1 atom stereocenters. The van der Waals surface area contributed by atoms with E-state index >= 15 is 0 Å². The molecule has 0 aromatic carbocycles. The van der Waals surface area contributed by atoms with Crippen molar-refractivity contribution in [1.29, 1.82) is 0 Å². The lowest BCUT2D eigenvalue weighted by Crippen LogP contribution is -2.30. The summed E-state index contributed by atoms with van der Waals surface area (Å²) in [7, 11) is 0. The van der Waals surface area contributed by atoms with Crippen LogP contribution in [-0.2, 0) is 28.6 Å². The monoisotopic (exact) mass is 749 g/mol. The first-order chi connectivity index (χ1) is 26.0. The van der Waals surface area contributed by atoms with Crippen molar-refractivity contribution < 1.29 is 28.6 Å². The molecule has 0 bridgehead atoms. The van der Waals surface area contributed by atoms with E-state index in [1.807, 2.05) is 0 Å². The summed E-state index contributed by atoms with van der Waals surface area (Å²) in [5, 5.41) is 0. The third-order valence-electron chi connectivity index (χ3n) is 10.3. The SMILES string of the molecule is CCCCCCCC/C=C\CCCCCCCCCC(=O)OCC(COC(=O)CCCCCCCCCC)OC(=O)CCCCCCCCCCCC. The summed E-state index contributed by atoms with van der Waals surface area (Å²) in [6, 6.07) is 0. The Morgan fingerprint density at radius 3 is 0.943 bits per heavy atom. The zero-order valence-electron chi connectivity index (χ0n) is 35.6. The second-order valence-electron chi connectivity index (χ2n) is 15.7. The van der Waals surface area contributed by atoms with Gasteiger partial charge in [-0.25, -0.2) is 0 Å². The number of ether oxygens (including phenoxy) is 3. The summed E-state index contributed by atoms with van der Waals surface area (Å²) in [6.45, 7) is 6.60. The lowest BCUT2D eigenvalue weighted by Gasteiger charge is -2.18. The fraction of sp³-hybridized carbons (Fsp3) is 0.894. The number of allylic oxidation sites excluding steroid dienone is 2. The molecule has 6 nitrogen and oxygen atoms in total. The second-order valence-corrected chi connectivity index (χ2v) is 15.7. The Bertz CT molecular complexity index is 824. The molecule has 0 fully saturated rings. The van der Waals surface area contributed by atoms with Crippen LogP contribution in [0, 0.1) is 0 Å². The smallest absolute Gasteiger partial charge is 0.306 e. The molecular weight excluding hydrogens is 661 g/mol. The van der Waals surface area contributed by atoms with Crippen LogP contribution in [0.3, 0.4) is 0 Å². The molecule has 0 aromatic rings. The number of rotatable bonds is 42. The van der Waals surface area contributed by atoms with Gasteiger partial charge in [0.2, 0.25) is 0 Å². The first-order valence-corrected chi connectivity index (χ1v) is 23.2. The average Bonchev–Trinajstić information content (AvgIpc) is 3.15. The van der Waals surface area contributed by atoms with Crippen LogP contribution in [0.1, 0.15) is 252 Å². The van der Waals surface area contributed by atoms with Gasteiger partial charge in [-0.2, -0.15) is 0 Å². The molecule has 0 rings (SSSR count). The highest BCUT2D eigenvalue weighted by Crippen LogP contribution is 2.15. The lowest BCUT2D eigenvalue weighted by molar-refractivity contribution is -0.167. The first kappa shape index (κ1) is 51.1. The van der Waals surface area contributed by atoms with E-state index < -0.39 is 6.10 Å². The van der Waals surface area contributed by atoms with Gasteiger partial charge < -0.3 is 14.2 Å². The molecule has 312 valence electrons. The number of hydrogen-bond acceptors (Lipinski definition) is 6. The van der Waals surface area contributed by atoms with E-state index in [-0.39, 0.29) is 31.1 Å². The molecule has 0 aliphatic heterocycles. The fourth-order valence-corrected chi connectivity index (χ4v) is 6.73. The van der Waals surface area contributed by atoms with E-state index in [0.29, 0.717) is 19.3 Å². The van der Waals surface area contributed by atoms with Gasteiger partial charge in [0, 0.05) is 19.3 Å². The van der Waals surface area contributed by atoms with Crippen molar-refractivity contribution >= 4 is 17.9 Å². The fourth-order valence-electron chi connectivity index (χ4n) is 6.73. The second kappa shape index (κ2) is 42.9. The molecule has 0 amide bonds. The molecule has 6 heteroatoms. The Morgan fingerprint density at radius 2 is 0.623 bits per heavy atom. The van der Waals surface area contributed by atoms with Gasteiger partial charge in [0.1, 0.15) is 13.2 Å². The molecule has 0 heterocycles. The van der Waals surface area contributed by atoms with Crippen LogP contribution < -0.4 is 0 Å². The third-order valence-corrected chi connectivity index (χ3v) is 10.3. The largest absolute Gasteiger partial charge is 0.462 e. The first-order valence-electron chi connectivity index (χ1n) is 23.2. The number of hydrogen-bond donors (Lipinski definition) is 0. The number of unbranched alkanes of at least 4 members (excludes halogenated alkanes) is 29. The third kappa shape index (κ3) is 41.2. The van der Waals surface area contributed by atoms with E-state index in [0.717, 1.165) is 57.8 Å². The predicted molar refractivity (Wildman–Crippen MR) is 224 cm³/mol. The maximum atomic E-state index is 12.7. The van der Waals surface area contributed by atoms with Gasteiger partial charge in [0.05, 0.1) is 0 Å². The molecule has 1 unspecified atom stereocenters. The summed E-state index contributed by atoms with van der Waals surface area (Å²) < 4.78 is 16.7. The van der Waals surface area contributed by atoms with Crippen molar-refractivity contribution in [2.24, 2.45) is 0 Å². The van der Waals surface area contributed by atoms with Crippen LogP contribution in [0.2, 0.25) is 0 Å². The minimum atomic E-state index is -0.762. The van der Waals surface area contributed by atoms with Gasteiger partial charge in [0.25, 0.3) is 0 Å². The van der Waals surface area contributed by atoms with Crippen molar-refractivity contribution in [3.63, 3.8) is 0 Å². The summed E-state index contributed by atoms with van der Waals surface area (Å²) in [4.78, 5) is 37.6. The number of carbonyl (C=O) groups is 3.